The third-order valence-corrected chi connectivity index (χ3v) is 4.85. The molecule has 0 aliphatic heterocycles. The number of thiophene rings is 1. The van der Waals surface area contributed by atoms with Crippen molar-refractivity contribution in [2.45, 2.75) is 6.92 Å². The lowest BCUT2D eigenvalue weighted by atomic mass is 10.1. The molecule has 28 heavy (non-hydrogen) atoms. The van der Waals surface area contributed by atoms with Crippen molar-refractivity contribution < 1.29 is 14.3 Å². The largest absolute Gasteiger partial charge is 0.496 e. The molecule has 0 unspecified atom stereocenters. The maximum Gasteiger partial charge on any atom is 0.275 e. The lowest BCUT2D eigenvalue weighted by Gasteiger charge is -2.08. The molecule has 3 aromatic rings. The first-order valence-electron chi connectivity index (χ1n) is 8.51. The van der Waals surface area contributed by atoms with Crippen molar-refractivity contribution in [1.29, 1.82) is 0 Å². The summed E-state index contributed by atoms with van der Waals surface area (Å²) in [4.78, 5) is 25.0. The molecule has 0 saturated heterocycles. The van der Waals surface area contributed by atoms with Crippen LogP contribution in [0.15, 0.2) is 71.1 Å². The predicted octanol–water partition coefficient (Wildman–Crippen LogP) is 4.16. The summed E-state index contributed by atoms with van der Waals surface area (Å²) in [7, 11) is 1.51. The number of anilines is 1. The Morgan fingerprint density at radius 2 is 1.71 bits per heavy atom. The lowest BCUT2D eigenvalue weighted by molar-refractivity contribution is 0.0951. The van der Waals surface area contributed by atoms with Gasteiger partial charge in [0, 0.05) is 5.69 Å². The highest BCUT2D eigenvalue weighted by Crippen LogP contribution is 2.17. The zero-order chi connectivity index (χ0) is 19.9. The summed E-state index contributed by atoms with van der Waals surface area (Å²) in [5, 5.41) is 8.85. The van der Waals surface area contributed by atoms with Crippen molar-refractivity contribution in [3.8, 4) is 5.75 Å². The maximum atomic E-state index is 12.3. The number of para-hydroxylation sites is 1. The van der Waals surface area contributed by atoms with Crippen LogP contribution in [0.1, 0.15) is 32.5 Å². The Morgan fingerprint density at radius 3 is 2.39 bits per heavy atom. The van der Waals surface area contributed by atoms with Crippen LogP contribution in [0, 0.1) is 0 Å². The van der Waals surface area contributed by atoms with E-state index in [2.05, 4.69) is 15.8 Å². The topological polar surface area (TPSA) is 79.8 Å². The quantitative estimate of drug-likeness (QED) is 0.487. The molecule has 0 bridgehead atoms. The monoisotopic (exact) mass is 393 g/mol. The molecule has 6 nitrogen and oxygen atoms in total. The van der Waals surface area contributed by atoms with E-state index < -0.39 is 0 Å². The molecule has 142 valence electrons. The van der Waals surface area contributed by atoms with E-state index >= 15 is 0 Å². The molecule has 0 aliphatic rings. The van der Waals surface area contributed by atoms with Gasteiger partial charge in [0.1, 0.15) is 5.75 Å². The summed E-state index contributed by atoms with van der Waals surface area (Å²) in [5.74, 6) is -0.00692. The van der Waals surface area contributed by atoms with Crippen LogP contribution in [0.2, 0.25) is 0 Å². The number of carbonyl (C=O) groups is 2. The van der Waals surface area contributed by atoms with Crippen LogP contribution in [0.3, 0.4) is 0 Å². The number of nitrogens with zero attached hydrogens (tertiary/aromatic N) is 1. The zero-order valence-electron chi connectivity index (χ0n) is 15.4. The molecule has 0 spiro atoms. The zero-order valence-corrected chi connectivity index (χ0v) is 16.2. The predicted molar refractivity (Wildman–Crippen MR) is 111 cm³/mol. The van der Waals surface area contributed by atoms with E-state index in [0.29, 0.717) is 27.6 Å². The normalized spacial score (nSPS) is 11.0. The van der Waals surface area contributed by atoms with Crippen LogP contribution in [-0.4, -0.2) is 24.6 Å². The highest BCUT2D eigenvalue weighted by atomic mass is 32.1. The van der Waals surface area contributed by atoms with Crippen LogP contribution >= 0.6 is 11.3 Å². The molecule has 0 atom stereocenters. The lowest BCUT2D eigenvalue weighted by Crippen LogP contribution is -2.20. The molecule has 0 radical (unpaired) electrons. The molecule has 3 rings (SSSR count). The Bertz CT molecular complexity index is 996. The van der Waals surface area contributed by atoms with Crippen molar-refractivity contribution in [2.75, 3.05) is 12.4 Å². The van der Waals surface area contributed by atoms with Gasteiger partial charge in [-0.05, 0) is 48.2 Å². The van der Waals surface area contributed by atoms with Crippen molar-refractivity contribution in [1.82, 2.24) is 5.43 Å². The van der Waals surface area contributed by atoms with Crippen LogP contribution < -0.4 is 15.5 Å². The molecular formula is C21H19N3O3S. The van der Waals surface area contributed by atoms with Crippen molar-refractivity contribution >= 4 is 34.6 Å². The minimum atomic E-state index is -0.350. The molecule has 1 heterocycles. The summed E-state index contributed by atoms with van der Waals surface area (Å²) in [6.45, 7) is 1.79. The molecule has 0 aliphatic carbocycles. The number of amides is 2. The Hall–Kier alpha value is -3.45. The van der Waals surface area contributed by atoms with E-state index in [-0.39, 0.29) is 11.8 Å². The Morgan fingerprint density at radius 1 is 0.964 bits per heavy atom. The van der Waals surface area contributed by atoms with Crippen molar-refractivity contribution in [3.63, 3.8) is 0 Å². The van der Waals surface area contributed by atoms with Crippen LogP contribution in [-0.2, 0) is 0 Å². The minimum Gasteiger partial charge on any atom is -0.496 e. The third-order valence-electron chi connectivity index (χ3n) is 3.98. The molecule has 2 aromatic carbocycles. The van der Waals surface area contributed by atoms with E-state index in [9.17, 15) is 9.59 Å². The van der Waals surface area contributed by atoms with Crippen LogP contribution in [0.5, 0.6) is 5.75 Å². The maximum absolute atomic E-state index is 12.3. The van der Waals surface area contributed by atoms with Crippen molar-refractivity contribution in [3.05, 3.63) is 82.0 Å². The van der Waals surface area contributed by atoms with Crippen LogP contribution in [0.25, 0.3) is 0 Å². The van der Waals surface area contributed by atoms with Gasteiger partial charge in [0.25, 0.3) is 11.8 Å². The van der Waals surface area contributed by atoms with E-state index in [1.165, 1.54) is 18.4 Å². The fourth-order valence-corrected chi connectivity index (χ4v) is 3.11. The number of hydrazone groups is 1. The molecular weight excluding hydrogens is 374 g/mol. The number of carbonyl (C=O) groups excluding carboxylic acids is 2. The van der Waals surface area contributed by atoms with Gasteiger partial charge >= 0.3 is 0 Å². The number of hydrogen-bond acceptors (Lipinski definition) is 5. The van der Waals surface area contributed by atoms with Gasteiger partial charge in [0.05, 0.1) is 23.3 Å². The number of hydrogen-bond donors (Lipinski definition) is 2. The third kappa shape index (κ3) is 4.63. The first kappa shape index (κ1) is 19.3. The Kier molecular flexibility index (Phi) is 6.18. The fourth-order valence-electron chi connectivity index (χ4n) is 2.49. The molecule has 0 fully saturated rings. The van der Waals surface area contributed by atoms with Gasteiger partial charge in [-0.3, -0.25) is 9.59 Å². The van der Waals surface area contributed by atoms with E-state index in [0.717, 1.165) is 5.56 Å². The summed E-state index contributed by atoms with van der Waals surface area (Å²) < 4.78 is 5.19. The number of methoxy groups -OCH3 is 1. The smallest absolute Gasteiger partial charge is 0.275 e. The summed E-state index contributed by atoms with van der Waals surface area (Å²) in [6.07, 6.45) is 0. The average Bonchev–Trinajstić information content (AvgIpc) is 3.27. The number of rotatable bonds is 6. The van der Waals surface area contributed by atoms with Gasteiger partial charge < -0.3 is 10.1 Å². The van der Waals surface area contributed by atoms with Gasteiger partial charge in [0.2, 0.25) is 0 Å². The van der Waals surface area contributed by atoms with Gasteiger partial charge in [-0.15, -0.1) is 11.3 Å². The second-order valence-corrected chi connectivity index (χ2v) is 6.79. The van der Waals surface area contributed by atoms with Gasteiger partial charge in [-0.1, -0.05) is 30.3 Å². The Balaban J connectivity index is 1.64. The fraction of sp³-hybridized carbons (Fsp3) is 0.0952. The summed E-state index contributed by atoms with van der Waals surface area (Å²) >= 11 is 1.39. The average molecular weight is 393 g/mol. The first-order valence-corrected chi connectivity index (χ1v) is 9.39. The standard InChI is InChI=1S/C21H19N3O3S/c1-14(23-24-20(25)17-6-3-4-7-18(17)27-2)15-9-11-16(12-10-15)22-21(26)19-8-5-13-28-19/h3-13H,1-2H3,(H,22,26)(H,24,25). The first-order chi connectivity index (χ1) is 13.6. The van der Waals surface area contributed by atoms with Gasteiger partial charge in [0.15, 0.2) is 0 Å². The van der Waals surface area contributed by atoms with Crippen LogP contribution in [0.4, 0.5) is 5.69 Å². The molecule has 2 amide bonds. The van der Waals surface area contributed by atoms with Gasteiger partial charge in [-0.25, -0.2) is 5.43 Å². The molecule has 7 heteroatoms. The van der Waals surface area contributed by atoms with E-state index in [4.69, 9.17) is 4.74 Å². The number of benzene rings is 2. The molecule has 1 aromatic heterocycles. The van der Waals surface area contributed by atoms with Gasteiger partial charge in [-0.2, -0.15) is 5.10 Å². The van der Waals surface area contributed by atoms with E-state index in [1.54, 1.807) is 49.4 Å². The SMILES string of the molecule is COc1ccccc1C(=O)NN=C(C)c1ccc(NC(=O)c2cccs2)cc1. The Labute approximate surface area is 166 Å². The highest BCUT2D eigenvalue weighted by molar-refractivity contribution is 7.12. The number of nitrogens with one attached hydrogen (secondary N) is 2. The second-order valence-electron chi connectivity index (χ2n) is 5.85. The van der Waals surface area contributed by atoms with E-state index in [1.807, 2.05) is 23.6 Å². The number of ether oxygens (including phenoxy) is 1. The molecule has 2 N–H and O–H groups in total. The summed E-state index contributed by atoms with van der Waals surface area (Å²) in [5.41, 5.74) is 5.10. The second kappa shape index (κ2) is 8.96. The minimum absolute atomic E-state index is 0.141. The summed E-state index contributed by atoms with van der Waals surface area (Å²) in [6, 6.07) is 17.8. The molecule has 0 saturated carbocycles. The highest BCUT2D eigenvalue weighted by Gasteiger charge is 2.11. The van der Waals surface area contributed by atoms with Crippen molar-refractivity contribution in [2.24, 2.45) is 5.10 Å².